The van der Waals surface area contributed by atoms with Gasteiger partial charge in [0.05, 0.1) is 11.0 Å². The summed E-state index contributed by atoms with van der Waals surface area (Å²) in [6.07, 6.45) is 7.06. The number of allylic oxidation sites excluding steroid dienone is 1. The molecule has 0 bridgehead atoms. The number of hydrogen-bond donors (Lipinski definition) is 1. The van der Waals surface area contributed by atoms with Gasteiger partial charge in [-0.05, 0) is 42.7 Å². The van der Waals surface area contributed by atoms with Crippen LogP contribution in [-0.4, -0.2) is 33.5 Å². The Labute approximate surface area is 164 Å². The standard InChI is InChI=1S/C22H25N5O/c1-2-13-27-20-6-4-3-5-19(20)25-22(27)26-14-9-18(10-15-26)21(28)24-16-17-7-11-23-12-8-17/h2-8,11-12,18H,1,9-10,13-16H2,(H,24,28). The highest BCUT2D eigenvalue weighted by Gasteiger charge is 2.27. The topological polar surface area (TPSA) is 63.1 Å². The van der Waals surface area contributed by atoms with Gasteiger partial charge in [0.2, 0.25) is 11.9 Å². The summed E-state index contributed by atoms with van der Waals surface area (Å²) in [5.41, 5.74) is 3.19. The number of anilines is 1. The summed E-state index contributed by atoms with van der Waals surface area (Å²) >= 11 is 0. The van der Waals surface area contributed by atoms with Crippen LogP contribution in [0.15, 0.2) is 61.4 Å². The Morgan fingerprint density at radius 2 is 1.93 bits per heavy atom. The van der Waals surface area contributed by atoms with Crippen LogP contribution in [0.2, 0.25) is 0 Å². The predicted molar refractivity (Wildman–Crippen MR) is 111 cm³/mol. The quantitative estimate of drug-likeness (QED) is 0.672. The molecular formula is C22H25N5O. The SMILES string of the molecule is C=CCn1c(N2CCC(C(=O)NCc3ccncc3)CC2)nc2ccccc21. The number of nitrogens with zero attached hydrogens (tertiary/aromatic N) is 4. The highest BCUT2D eigenvalue weighted by Crippen LogP contribution is 2.27. The third-order valence-corrected chi connectivity index (χ3v) is 5.31. The van der Waals surface area contributed by atoms with E-state index in [9.17, 15) is 4.79 Å². The zero-order valence-electron chi connectivity index (χ0n) is 15.9. The maximum atomic E-state index is 12.5. The minimum Gasteiger partial charge on any atom is -0.352 e. The zero-order valence-corrected chi connectivity index (χ0v) is 15.9. The second-order valence-electron chi connectivity index (χ2n) is 7.13. The average Bonchev–Trinajstić information content (AvgIpc) is 3.12. The Balaban J connectivity index is 1.40. The van der Waals surface area contributed by atoms with Gasteiger partial charge in [-0.1, -0.05) is 18.2 Å². The summed E-state index contributed by atoms with van der Waals surface area (Å²) in [5.74, 6) is 1.16. The first-order chi connectivity index (χ1) is 13.8. The number of nitrogens with one attached hydrogen (secondary N) is 1. The zero-order chi connectivity index (χ0) is 19.3. The molecule has 1 aliphatic heterocycles. The van der Waals surface area contributed by atoms with Crippen LogP contribution in [0.25, 0.3) is 11.0 Å². The van der Waals surface area contributed by atoms with Gasteiger partial charge >= 0.3 is 0 Å². The molecule has 1 amide bonds. The van der Waals surface area contributed by atoms with E-state index in [1.807, 2.05) is 36.4 Å². The molecule has 3 heterocycles. The lowest BCUT2D eigenvalue weighted by Crippen LogP contribution is -2.41. The highest BCUT2D eigenvalue weighted by atomic mass is 16.1. The molecule has 0 unspecified atom stereocenters. The second-order valence-corrected chi connectivity index (χ2v) is 7.13. The number of amides is 1. The van der Waals surface area contributed by atoms with Crippen molar-refractivity contribution in [3.8, 4) is 0 Å². The van der Waals surface area contributed by atoms with Gasteiger partial charge in [-0.15, -0.1) is 6.58 Å². The van der Waals surface area contributed by atoms with E-state index in [2.05, 4.69) is 32.4 Å². The van der Waals surface area contributed by atoms with Gasteiger partial charge < -0.3 is 14.8 Å². The Hall–Kier alpha value is -3.15. The van der Waals surface area contributed by atoms with Gasteiger partial charge in [0.15, 0.2) is 0 Å². The first-order valence-corrected chi connectivity index (χ1v) is 9.74. The lowest BCUT2D eigenvalue weighted by atomic mass is 9.96. The Morgan fingerprint density at radius 1 is 1.18 bits per heavy atom. The van der Waals surface area contributed by atoms with Crippen LogP contribution in [-0.2, 0) is 17.9 Å². The maximum Gasteiger partial charge on any atom is 0.223 e. The summed E-state index contributed by atoms with van der Waals surface area (Å²) in [6.45, 7) is 6.82. The van der Waals surface area contributed by atoms with Crippen molar-refractivity contribution in [1.29, 1.82) is 0 Å². The Bertz CT molecular complexity index is 957. The molecule has 4 rings (SSSR count). The summed E-state index contributed by atoms with van der Waals surface area (Å²) in [5, 5.41) is 3.06. The number of carbonyl (C=O) groups is 1. The second kappa shape index (κ2) is 8.25. The van der Waals surface area contributed by atoms with Crippen molar-refractivity contribution in [2.24, 2.45) is 5.92 Å². The van der Waals surface area contributed by atoms with E-state index in [4.69, 9.17) is 4.98 Å². The largest absolute Gasteiger partial charge is 0.352 e. The molecule has 1 aliphatic rings. The lowest BCUT2D eigenvalue weighted by molar-refractivity contribution is -0.125. The molecule has 0 atom stereocenters. The van der Waals surface area contributed by atoms with Gasteiger partial charge in [0.25, 0.3) is 0 Å². The molecule has 0 spiro atoms. The van der Waals surface area contributed by atoms with Crippen LogP contribution >= 0.6 is 0 Å². The van der Waals surface area contributed by atoms with Gasteiger partial charge in [-0.3, -0.25) is 9.78 Å². The molecule has 2 aromatic heterocycles. The molecular weight excluding hydrogens is 350 g/mol. The van der Waals surface area contributed by atoms with Crippen molar-refractivity contribution < 1.29 is 4.79 Å². The number of imidazole rings is 1. The van der Waals surface area contributed by atoms with Crippen molar-refractivity contribution in [3.63, 3.8) is 0 Å². The number of aromatic nitrogens is 3. The fourth-order valence-electron chi connectivity index (χ4n) is 3.79. The number of piperidine rings is 1. The number of rotatable bonds is 6. The molecule has 3 aromatic rings. The van der Waals surface area contributed by atoms with E-state index in [1.165, 1.54) is 0 Å². The fourth-order valence-corrected chi connectivity index (χ4v) is 3.79. The van der Waals surface area contributed by atoms with Crippen LogP contribution < -0.4 is 10.2 Å². The van der Waals surface area contributed by atoms with E-state index < -0.39 is 0 Å². The predicted octanol–water partition coefficient (Wildman–Crippen LogP) is 3.15. The van der Waals surface area contributed by atoms with Crippen LogP contribution in [0.5, 0.6) is 0 Å². The molecule has 0 aliphatic carbocycles. The van der Waals surface area contributed by atoms with Crippen molar-refractivity contribution in [2.75, 3.05) is 18.0 Å². The summed E-state index contributed by atoms with van der Waals surface area (Å²) in [4.78, 5) is 23.7. The number of para-hydroxylation sites is 2. The normalized spacial score (nSPS) is 14.9. The molecule has 6 nitrogen and oxygen atoms in total. The van der Waals surface area contributed by atoms with Gasteiger partial charge in [0.1, 0.15) is 0 Å². The van der Waals surface area contributed by atoms with E-state index in [0.717, 1.165) is 55.0 Å². The van der Waals surface area contributed by atoms with Gasteiger partial charge in [0, 0.05) is 44.5 Å². The number of fused-ring (bicyclic) bond motifs is 1. The smallest absolute Gasteiger partial charge is 0.223 e. The van der Waals surface area contributed by atoms with Crippen LogP contribution in [0, 0.1) is 5.92 Å². The van der Waals surface area contributed by atoms with Crippen LogP contribution in [0.3, 0.4) is 0 Å². The monoisotopic (exact) mass is 375 g/mol. The molecule has 1 saturated heterocycles. The number of hydrogen-bond acceptors (Lipinski definition) is 4. The third kappa shape index (κ3) is 3.76. The third-order valence-electron chi connectivity index (χ3n) is 5.31. The van der Waals surface area contributed by atoms with Crippen molar-refractivity contribution in [3.05, 3.63) is 67.0 Å². The molecule has 6 heteroatoms. The molecule has 0 saturated carbocycles. The Kier molecular flexibility index (Phi) is 5.37. The lowest BCUT2D eigenvalue weighted by Gasteiger charge is -2.32. The first kappa shape index (κ1) is 18.2. The van der Waals surface area contributed by atoms with E-state index >= 15 is 0 Å². The average molecular weight is 375 g/mol. The first-order valence-electron chi connectivity index (χ1n) is 9.74. The molecule has 1 fully saturated rings. The summed E-state index contributed by atoms with van der Waals surface area (Å²) < 4.78 is 2.20. The van der Waals surface area contributed by atoms with E-state index in [0.29, 0.717) is 6.54 Å². The van der Waals surface area contributed by atoms with Gasteiger partial charge in [-0.25, -0.2) is 4.98 Å². The van der Waals surface area contributed by atoms with E-state index in [1.54, 1.807) is 12.4 Å². The van der Waals surface area contributed by atoms with Crippen molar-refractivity contribution in [2.45, 2.75) is 25.9 Å². The Morgan fingerprint density at radius 3 is 2.68 bits per heavy atom. The summed E-state index contributed by atoms with van der Waals surface area (Å²) in [6, 6.07) is 12.0. The number of benzene rings is 1. The molecule has 1 aromatic carbocycles. The molecule has 1 N–H and O–H groups in total. The maximum absolute atomic E-state index is 12.5. The van der Waals surface area contributed by atoms with Gasteiger partial charge in [-0.2, -0.15) is 0 Å². The molecule has 144 valence electrons. The van der Waals surface area contributed by atoms with Crippen molar-refractivity contribution >= 4 is 22.9 Å². The van der Waals surface area contributed by atoms with E-state index in [-0.39, 0.29) is 11.8 Å². The molecule has 28 heavy (non-hydrogen) atoms. The highest BCUT2D eigenvalue weighted by molar-refractivity contribution is 5.80. The van der Waals surface area contributed by atoms with Crippen LogP contribution in [0.4, 0.5) is 5.95 Å². The van der Waals surface area contributed by atoms with Crippen molar-refractivity contribution in [1.82, 2.24) is 19.9 Å². The number of pyridine rings is 1. The minimum absolute atomic E-state index is 0.0512. The van der Waals surface area contributed by atoms with Crippen LogP contribution in [0.1, 0.15) is 18.4 Å². The summed E-state index contributed by atoms with van der Waals surface area (Å²) in [7, 11) is 0. The minimum atomic E-state index is 0.0512. The fraction of sp³-hybridized carbons (Fsp3) is 0.318. The number of carbonyl (C=O) groups excluding carboxylic acids is 1. The molecule has 0 radical (unpaired) electrons.